The Hall–Kier alpha value is -0.210. The molecule has 0 aromatic heterocycles. The summed E-state index contributed by atoms with van der Waals surface area (Å²) >= 11 is 10.1. The molecule has 1 aromatic carbocycles. The summed E-state index contributed by atoms with van der Waals surface area (Å²) in [6.45, 7) is 4.09. The Morgan fingerprint density at radius 3 is 2.32 bits per heavy atom. The second kappa shape index (κ2) is 4.96. The summed E-state index contributed by atoms with van der Waals surface area (Å²) in [5, 5.41) is 0.856. The Labute approximate surface area is 128 Å². The predicted molar refractivity (Wildman–Crippen MR) is 83.6 cm³/mol. The highest BCUT2D eigenvalue weighted by Gasteiger charge is 2.56. The van der Waals surface area contributed by atoms with Crippen LogP contribution in [-0.4, -0.2) is 10.9 Å². The van der Waals surface area contributed by atoms with Crippen molar-refractivity contribution in [1.29, 1.82) is 0 Å². The summed E-state index contributed by atoms with van der Waals surface area (Å²) < 4.78 is 6.29. The van der Waals surface area contributed by atoms with E-state index in [1.807, 2.05) is 13.8 Å². The number of hydrogen-bond acceptors (Lipinski definition) is 1. The molecule has 3 rings (SSSR count). The SMILES string of the molecule is Cc1cc(OC2CC(Br)C23CCCC3)cc(C)c1Cl. The molecule has 2 aliphatic carbocycles. The Kier molecular flexibility index (Phi) is 3.59. The maximum absolute atomic E-state index is 6.29. The van der Waals surface area contributed by atoms with Crippen LogP contribution in [0.3, 0.4) is 0 Å². The third-order valence-electron chi connectivity index (χ3n) is 4.91. The molecule has 104 valence electrons. The van der Waals surface area contributed by atoms with Gasteiger partial charge in [-0.05, 0) is 56.4 Å². The first-order valence-electron chi connectivity index (χ1n) is 7.10. The van der Waals surface area contributed by atoms with E-state index in [1.54, 1.807) is 0 Å². The molecule has 0 amide bonds. The Balaban J connectivity index is 1.79. The van der Waals surface area contributed by atoms with E-state index in [0.717, 1.165) is 28.3 Å². The molecule has 0 heterocycles. The van der Waals surface area contributed by atoms with Crippen LogP contribution >= 0.6 is 27.5 Å². The fourth-order valence-corrected chi connectivity index (χ4v) is 4.87. The number of hydrogen-bond donors (Lipinski definition) is 0. The van der Waals surface area contributed by atoms with E-state index in [9.17, 15) is 0 Å². The summed E-state index contributed by atoms with van der Waals surface area (Å²) in [6, 6.07) is 4.14. The third-order valence-corrected chi connectivity index (χ3v) is 6.79. The van der Waals surface area contributed by atoms with Gasteiger partial charge in [0.2, 0.25) is 0 Å². The molecule has 3 heteroatoms. The van der Waals surface area contributed by atoms with Crippen molar-refractivity contribution in [2.24, 2.45) is 5.41 Å². The molecule has 2 fully saturated rings. The lowest BCUT2D eigenvalue weighted by molar-refractivity contribution is -0.0304. The average molecular weight is 344 g/mol. The molecule has 0 aliphatic heterocycles. The van der Waals surface area contributed by atoms with Gasteiger partial charge in [0.15, 0.2) is 0 Å². The van der Waals surface area contributed by atoms with Gasteiger partial charge in [-0.1, -0.05) is 40.4 Å². The molecule has 0 radical (unpaired) electrons. The van der Waals surface area contributed by atoms with Gasteiger partial charge in [0.25, 0.3) is 0 Å². The lowest BCUT2D eigenvalue weighted by atomic mass is 9.64. The van der Waals surface area contributed by atoms with E-state index in [0.29, 0.717) is 16.3 Å². The van der Waals surface area contributed by atoms with Gasteiger partial charge in [-0.25, -0.2) is 0 Å². The van der Waals surface area contributed by atoms with Gasteiger partial charge < -0.3 is 4.74 Å². The summed E-state index contributed by atoms with van der Waals surface area (Å²) in [4.78, 5) is 0.641. The maximum Gasteiger partial charge on any atom is 0.120 e. The fraction of sp³-hybridized carbons (Fsp3) is 0.625. The highest BCUT2D eigenvalue weighted by Crippen LogP contribution is 2.57. The zero-order chi connectivity index (χ0) is 13.6. The number of benzene rings is 1. The molecular weight excluding hydrogens is 324 g/mol. The van der Waals surface area contributed by atoms with Crippen molar-refractivity contribution in [2.45, 2.75) is 56.9 Å². The summed E-state index contributed by atoms with van der Waals surface area (Å²) in [6.07, 6.45) is 6.81. The van der Waals surface area contributed by atoms with Gasteiger partial charge in [-0.15, -0.1) is 0 Å². The van der Waals surface area contributed by atoms with Gasteiger partial charge in [0.05, 0.1) is 0 Å². The van der Waals surface area contributed by atoms with Crippen molar-refractivity contribution in [3.8, 4) is 5.75 Å². The Morgan fingerprint density at radius 1 is 1.21 bits per heavy atom. The molecule has 1 nitrogen and oxygen atoms in total. The quantitative estimate of drug-likeness (QED) is 0.650. The van der Waals surface area contributed by atoms with E-state index in [2.05, 4.69) is 28.1 Å². The molecule has 2 atom stereocenters. The number of ether oxygens (including phenoxy) is 1. The first-order valence-corrected chi connectivity index (χ1v) is 8.40. The van der Waals surface area contributed by atoms with Gasteiger partial charge in [-0.3, -0.25) is 0 Å². The minimum atomic E-state index is 0.374. The molecule has 1 spiro atoms. The van der Waals surface area contributed by atoms with Crippen LogP contribution in [0.25, 0.3) is 0 Å². The zero-order valence-corrected chi connectivity index (χ0v) is 13.9. The van der Waals surface area contributed by atoms with Gasteiger partial charge in [0.1, 0.15) is 11.9 Å². The second-order valence-corrected chi connectivity index (χ2v) is 7.60. The largest absolute Gasteiger partial charge is 0.490 e. The molecule has 19 heavy (non-hydrogen) atoms. The number of rotatable bonds is 2. The van der Waals surface area contributed by atoms with Crippen LogP contribution in [0.5, 0.6) is 5.75 Å². The van der Waals surface area contributed by atoms with E-state index in [4.69, 9.17) is 16.3 Å². The molecule has 0 N–H and O–H groups in total. The topological polar surface area (TPSA) is 9.23 Å². The number of alkyl halides is 1. The van der Waals surface area contributed by atoms with E-state index in [1.165, 1.54) is 25.7 Å². The van der Waals surface area contributed by atoms with Crippen LogP contribution in [0.2, 0.25) is 5.02 Å². The van der Waals surface area contributed by atoms with Crippen LogP contribution in [0.4, 0.5) is 0 Å². The van der Waals surface area contributed by atoms with Crippen molar-refractivity contribution >= 4 is 27.5 Å². The monoisotopic (exact) mass is 342 g/mol. The number of halogens is 2. The van der Waals surface area contributed by atoms with Crippen molar-refractivity contribution < 1.29 is 4.74 Å². The van der Waals surface area contributed by atoms with Gasteiger partial charge in [-0.2, -0.15) is 0 Å². The average Bonchev–Trinajstić information content (AvgIpc) is 2.88. The van der Waals surface area contributed by atoms with Crippen LogP contribution in [0, 0.1) is 19.3 Å². The fourth-order valence-electron chi connectivity index (χ4n) is 3.67. The number of aryl methyl sites for hydroxylation is 2. The highest BCUT2D eigenvalue weighted by atomic mass is 79.9. The smallest absolute Gasteiger partial charge is 0.120 e. The molecule has 2 saturated carbocycles. The van der Waals surface area contributed by atoms with Crippen molar-refractivity contribution in [2.75, 3.05) is 0 Å². The van der Waals surface area contributed by atoms with E-state index in [-0.39, 0.29) is 0 Å². The minimum Gasteiger partial charge on any atom is -0.490 e. The summed E-state index contributed by atoms with van der Waals surface area (Å²) in [7, 11) is 0. The standard InChI is InChI=1S/C16H20BrClO/c1-10-7-12(8-11(2)15(10)18)19-14-9-13(17)16(14)5-3-4-6-16/h7-8,13-14H,3-6,9H2,1-2H3. The van der Waals surface area contributed by atoms with Crippen LogP contribution in [-0.2, 0) is 0 Å². The van der Waals surface area contributed by atoms with Crippen molar-refractivity contribution in [3.05, 3.63) is 28.3 Å². The van der Waals surface area contributed by atoms with E-state index >= 15 is 0 Å². The molecule has 0 bridgehead atoms. The van der Waals surface area contributed by atoms with Crippen LogP contribution in [0.1, 0.15) is 43.2 Å². The lowest BCUT2D eigenvalue weighted by Gasteiger charge is -2.51. The Morgan fingerprint density at radius 2 is 1.79 bits per heavy atom. The van der Waals surface area contributed by atoms with Gasteiger partial charge in [0, 0.05) is 15.3 Å². The van der Waals surface area contributed by atoms with Crippen LogP contribution in [0.15, 0.2) is 12.1 Å². The van der Waals surface area contributed by atoms with Crippen LogP contribution < -0.4 is 4.74 Å². The highest BCUT2D eigenvalue weighted by molar-refractivity contribution is 9.09. The first kappa shape index (κ1) is 13.8. The second-order valence-electron chi connectivity index (χ2n) is 6.12. The third kappa shape index (κ3) is 2.21. The molecule has 0 saturated heterocycles. The van der Waals surface area contributed by atoms with Crippen molar-refractivity contribution in [3.63, 3.8) is 0 Å². The van der Waals surface area contributed by atoms with Gasteiger partial charge >= 0.3 is 0 Å². The molecule has 2 aliphatic rings. The predicted octanol–water partition coefficient (Wildman–Crippen LogP) is 5.43. The maximum atomic E-state index is 6.29. The van der Waals surface area contributed by atoms with E-state index < -0.39 is 0 Å². The normalized spacial score (nSPS) is 28.4. The molecule has 2 unspecified atom stereocenters. The summed E-state index contributed by atoms with van der Waals surface area (Å²) in [5.74, 6) is 0.982. The molecular formula is C16H20BrClO. The van der Waals surface area contributed by atoms with Crippen molar-refractivity contribution in [1.82, 2.24) is 0 Å². The molecule has 1 aromatic rings. The lowest BCUT2D eigenvalue weighted by Crippen LogP contribution is -2.55. The Bertz CT molecular complexity index is 471. The zero-order valence-electron chi connectivity index (χ0n) is 11.5. The first-order chi connectivity index (χ1) is 9.03. The minimum absolute atomic E-state index is 0.374. The summed E-state index contributed by atoms with van der Waals surface area (Å²) in [5.41, 5.74) is 2.60.